The Morgan fingerprint density at radius 2 is 0.923 bits per heavy atom. The van der Waals surface area contributed by atoms with Crippen LogP contribution in [0, 0.1) is 0 Å². The maximum Gasteiger partial charge on any atom is -0.00724 e. The second-order valence-corrected chi connectivity index (χ2v) is 8.92. The molecular weight excluding hydrogens is 350 g/mol. The highest BCUT2D eigenvalue weighted by molar-refractivity contribution is 7.80. The molecule has 4 aromatic carbocycles. The van der Waals surface area contributed by atoms with Gasteiger partial charge in [0.1, 0.15) is 0 Å². The molecule has 0 aromatic heterocycles. The molecule has 0 radical (unpaired) electrons. The predicted octanol–water partition coefficient (Wildman–Crippen LogP) is 4.61. The average Bonchev–Trinajstić information content (AvgIpc) is 2.71. The number of hydrogen-bond donors (Lipinski definition) is 0. The van der Waals surface area contributed by atoms with Crippen LogP contribution in [0.4, 0.5) is 0 Å². The summed E-state index contributed by atoms with van der Waals surface area (Å²) in [6.45, 7) is 0. The molecule has 0 fully saturated rings. The van der Waals surface area contributed by atoms with E-state index in [1.54, 1.807) is 0 Å². The molecule has 0 saturated carbocycles. The summed E-state index contributed by atoms with van der Waals surface area (Å²) in [7, 11) is 2.27. The average molecular weight is 370 g/mol. The predicted molar refractivity (Wildman–Crippen MR) is 120 cm³/mol. The molecule has 4 aromatic rings. The highest BCUT2D eigenvalue weighted by Gasteiger charge is 2.20. The summed E-state index contributed by atoms with van der Waals surface area (Å²) in [5.41, 5.74) is 2.60. The minimum absolute atomic E-state index is 0.612. The molecule has 0 amide bonds. The molecule has 0 aliphatic rings. The molecule has 0 bridgehead atoms. The smallest absolute Gasteiger partial charge is 0.00724 e. The van der Waals surface area contributed by atoms with Crippen LogP contribution in [0.1, 0.15) is 0 Å². The first-order valence-electron chi connectivity index (χ1n) is 8.69. The van der Waals surface area contributed by atoms with Crippen LogP contribution in [-0.4, -0.2) is 0 Å². The van der Waals surface area contributed by atoms with E-state index < -0.39 is 7.92 Å². The molecule has 0 heterocycles. The normalized spacial score (nSPS) is 10.8. The summed E-state index contributed by atoms with van der Waals surface area (Å²) in [6, 6.07) is 39.2. The van der Waals surface area contributed by atoms with Crippen molar-refractivity contribution in [2.24, 2.45) is 0 Å². The monoisotopic (exact) mass is 370 g/mol. The van der Waals surface area contributed by atoms with Crippen molar-refractivity contribution in [1.29, 1.82) is 0 Å². The van der Waals surface area contributed by atoms with Gasteiger partial charge in [-0.2, -0.15) is 0 Å². The molecule has 1 unspecified atom stereocenters. The lowest BCUT2D eigenvalue weighted by Gasteiger charge is -2.23. The standard InChI is InChI=1S/C24H20P2/c25-23-17-9-7-15-21(23)22-16-8-10-18-24(22)26(19-11-3-1-4-12-19)20-13-5-2-6-14-20/h1-18H,25H2. The molecule has 26 heavy (non-hydrogen) atoms. The van der Waals surface area contributed by atoms with Gasteiger partial charge in [0.15, 0.2) is 0 Å². The Hall–Kier alpha value is -2.26. The molecule has 126 valence electrons. The lowest BCUT2D eigenvalue weighted by molar-refractivity contribution is 1.68. The summed E-state index contributed by atoms with van der Waals surface area (Å²) in [4.78, 5) is 0. The van der Waals surface area contributed by atoms with Crippen molar-refractivity contribution in [2.75, 3.05) is 0 Å². The van der Waals surface area contributed by atoms with E-state index in [-0.39, 0.29) is 0 Å². The fraction of sp³-hybridized carbons (Fsp3) is 0. The van der Waals surface area contributed by atoms with E-state index in [0.717, 1.165) is 0 Å². The van der Waals surface area contributed by atoms with Gasteiger partial charge in [-0.3, -0.25) is 0 Å². The van der Waals surface area contributed by atoms with E-state index >= 15 is 0 Å². The molecule has 4 rings (SSSR count). The Balaban J connectivity index is 1.95. The Kier molecular flexibility index (Phi) is 5.26. The van der Waals surface area contributed by atoms with Crippen LogP contribution in [0.15, 0.2) is 109 Å². The third-order valence-electron chi connectivity index (χ3n) is 4.42. The van der Waals surface area contributed by atoms with Gasteiger partial charge in [0.25, 0.3) is 0 Å². The van der Waals surface area contributed by atoms with Gasteiger partial charge in [-0.25, -0.2) is 0 Å². The first-order chi connectivity index (χ1) is 12.8. The fourth-order valence-electron chi connectivity index (χ4n) is 3.22. The van der Waals surface area contributed by atoms with Crippen LogP contribution >= 0.6 is 17.2 Å². The minimum Gasteiger partial charge on any atom is -0.105 e. The van der Waals surface area contributed by atoms with Gasteiger partial charge in [-0.15, -0.1) is 9.24 Å². The molecule has 0 N–H and O–H groups in total. The Labute approximate surface area is 158 Å². The maximum atomic E-state index is 2.88. The Morgan fingerprint density at radius 1 is 0.462 bits per heavy atom. The first kappa shape index (κ1) is 17.2. The van der Waals surface area contributed by atoms with Crippen molar-refractivity contribution in [3.63, 3.8) is 0 Å². The second-order valence-electron chi connectivity index (χ2n) is 6.11. The van der Waals surface area contributed by atoms with E-state index in [0.29, 0.717) is 0 Å². The van der Waals surface area contributed by atoms with Gasteiger partial charge >= 0.3 is 0 Å². The second kappa shape index (κ2) is 7.96. The third-order valence-corrected chi connectivity index (χ3v) is 7.43. The van der Waals surface area contributed by atoms with Crippen molar-refractivity contribution in [2.45, 2.75) is 0 Å². The highest BCUT2D eigenvalue weighted by atomic mass is 31.1. The Bertz CT molecular complexity index is 955. The van der Waals surface area contributed by atoms with Crippen molar-refractivity contribution >= 4 is 38.4 Å². The summed E-state index contributed by atoms with van der Waals surface area (Å²) < 4.78 is 0. The molecular formula is C24H20P2. The van der Waals surface area contributed by atoms with Crippen molar-refractivity contribution in [1.82, 2.24) is 0 Å². The van der Waals surface area contributed by atoms with E-state index in [1.165, 1.54) is 32.3 Å². The van der Waals surface area contributed by atoms with Crippen LogP contribution in [0.2, 0.25) is 0 Å². The number of rotatable bonds is 4. The summed E-state index contributed by atoms with van der Waals surface area (Å²) >= 11 is 0. The van der Waals surface area contributed by atoms with Gasteiger partial charge in [0.05, 0.1) is 0 Å². The fourth-order valence-corrected chi connectivity index (χ4v) is 6.05. The Morgan fingerprint density at radius 3 is 1.50 bits per heavy atom. The van der Waals surface area contributed by atoms with Crippen LogP contribution in [0.5, 0.6) is 0 Å². The van der Waals surface area contributed by atoms with Crippen molar-refractivity contribution < 1.29 is 0 Å². The molecule has 2 heteroatoms. The molecule has 0 aliphatic carbocycles. The molecule has 0 nitrogen and oxygen atoms in total. The van der Waals surface area contributed by atoms with Crippen LogP contribution in [0.25, 0.3) is 11.1 Å². The quantitative estimate of drug-likeness (QED) is 0.460. The third kappa shape index (κ3) is 3.49. The zero-order valence-corrected chi connectivity index (χ0v) is 16.5. The SMILES string of the molecule is Pc1ccccc1-c1ccccc1P(c1ccccc1)c1ccccc1. The van der Waals surface area contributed by atoms with Gasteiger partial charge in [-0.1, -0.05) is 109 Å². The van der Waals surface area contributed by atoms with Gasteiger partial charge < -0.3 is 0 Å². The van der Waals surface area contributed by atoms with Crippen molar-refractivity contribution in [3.8, 4) is 11.1 Å². The van der Waals surface area contributed by atoms with Gasteiger partial charge in [-0.05, 0) is 40.3 Å². The van der Waals surface area contributed by atoms with E-state index in [4.69, 9.17) is 0 Å². The number of hydrogen-bond acceptors (Lipinski definition) is 0. The van der Waals surface area contributed by atoms with Crippen LogP contribution in [-0.2, 0) is 0 Å². The number of benzene rings is 4. The molecule has 1 atom stereocenters. The molecule has 0 aliphatic heterocycles. The molecule has 0 saturated heterocycles. The van der Waals surface area contributed by atoms with Gasteiger partial charge in [0.2, 0.25) is 0 Å². The molecule has 0 spiro atoms. The van der Waals surface area contributed by atoms with Crippen LogP contribution in [0.3, 0.4) is 0 Å². The zero-order chi connectivity index (χ0) is 17.8. The lowest BCUT2D eigenvalue weighted by atomic mass is 10.1. The van der Waals surface area contributed by atoms with Gasteiger partial charge in [0, 0.05) is 0 Å². The topological polar surface area (TPSA) is 0 Å². The van der Waals surface area contributed by atoms with Crippen LogP contribution < -0.4 is 21.2 Å². The minimum atomic E-state index is -0.612. The zero-order valence-electron chi connectivity index (χ0n) is 14.4. The first-order valence-corrected chi connectivity index (χ1v) is 10.6. The summed E-state index contributed by atoms with van der Waals surface area (Å²) in [5, 5.41) is 5.38. The van der Waals surface area contributed by atoms with E-state index in [1.807, 2.05) is 0 Å². The van der Waals surface area contributed by atoms with E-state index in [9.17, 15) is 0 Å². The highest BCUT2D eigenvalue weighted by Crippen LogP contribution is 2.36. The lowest BCUT2D eigenvalue weighted by Crippen LogP contribution is -2.22. The summed E-state index contributed by atoms with van der Waals surface area (Å²) in [6.07, 6.45) is 0. The van der Waals surface area contributed by atoms with E-state index in [2.05, 4.69) is 118 Å². The van der Waals surface area contributed by atoms with Crippen molar-refractivity contribution in [3.05, 3.63) is 109 Å². The maximum absolute atomic E-state index is 2.88. The largest absolute Gasteiger partial charge is 0.105 e. The summed E-state index contributed by atoms with van der Waals surface area (Å²) in [5.74, 6) is 0.